The van der Waals surface area contributed by atoms with Gasteiger partial charge < -0.3 is 15.4 Å². The summed E-state index contributed by atoms with van der Waals surface area (Å²) in [6.07, 6.45) is -8.17. The SMILES string of the molecule is FC(F)(F)c1cc(CN[C@H]2CCCNc3cc4c(cc32)COC4)cc(C(F)(F)F)c1. The molecule has 0 aromatic heterocycles. The maximum Gasteiger partial charge on any atom is 0.416 e. The third-order valence-corrected chi connectivity index (χ3v) is 5.45. The average Bonchev–Trinajstić information content (AvgIpc) is 3.03. The molecule has 2 N–H and O–H groups in total. The fourth-order valence-electron chi connectivity index (χ4n) is 3.95. The first kappa shape index (κ1) is 21.0. The van der Waals surface area contributed by atoms with E-state index in [1.807, 2.05) is 12.1 Å². The van der Waals surface area contributed by atoms with Crippen LogP contribution in [0.15, 0.2) is 30.3 Å². The molecule has 3 nitrogen and oxygen atoms in total. The van der Waals surface area contributed by atoms with Crippen molar-refractivity contribution in [3.05, 3.63) is 63.7 Å². The zero-order chi connectivity index (χ0) is 21.5. The normalized spacial score (nSPS) is 19.1. The quantitative estimate of drug-likeness (QED) is 0.605. The minimum atomic E-state index is -4.85. The van der Waals surface area contributed by atoms with E-state index in [0.717, 1.165) is 47.5 Å². The summed E-state index contributed by atoms with van der Waals surface area (Å²) in [7, 11) is 0. The van der Waals surface area contributed by atoms with Crippen LogP contribution in [0.1, 0.15) is 52.3 Å². The topological polar surface area (TPSA) is 33.3 Å². The lowest BCUT2D eigenvalue weighted by atomic mass is 9.96. The summed E-state index contributed by atoms with van der Waals surface area (Å²) < 4.78 is 84.1. The fraction of sp³-hybridized carbons (Fsp3) is 0.429. The molecule has 2 aromatic carbocycles. The molecule has 30 heavy (non-hydrogen) atoms. The van der Waals surface area contributed by atoms with E-state index >= 15 is 0 Å². The average molecular weight is 430 g/mol. The Bertz CT molecular complexity index is 906. The largest absolute Gasteiger partial charge is 0.416 e. The molecule has 0 amide bonds. The van der Waals surface area contributed by atoms with Crippen molar-refractivity contribution in [2.75, 3.05) is 11.9 Å². The number of fused-ring (bicyclic) bond motifs is 2. The highest BCUT2D eigenvalue weighted by atomic mass is 19.4. The Morgan fingerprint density at radius 3 is 2.17 bits per heavy atom. The number of rotatable bonds is 3. The van der Waals surface area contributed by atoms with Gasteiger partial charge in [0.05, 0.1) is 24.3 Å². The first-order valence-electron chi connectivity index (χ1n) is 9.60. The van der Waals surface area contributed by atoms with Gasteiger partial charge in [-0.15, -0.1) is 0 Å². The van der Waals surface area contributed by atoms with Gasteiger partial charge in [0.15, 0.2) is 0 Å². The highest BCUT2D eigenvalue weighted by Gasteiger charge is 2.37. The second-order valence-electron chi connectivity index (χ2n) is 7.62. The monoisotopic (exact) mass is 430 g/mol. The predicted molar refractivity (Wildman–Crippen MR) is 98.7 cm³/mol. The van der Waals surface area contributed by atoms with E-state index < -0.39 is 23.5 Å². The molecule has 0 bridgehead atoms. The van der Waals surface area contributed by atoms with Gasteiger partial charge in [0.1, 0.15) is 0 Å². The summed E-state index contributed by atoms with van der Waals surface area (Å²) in [5.74, 6) is 0. The smallest absolute Gasteiger partial charge is 0.385 e. The van der Waals surface area contributed by atoms with Crippen LogP contribution < -0.4 is 10.6 Å². The summed E-state index contributed by atoms with van der Waals surface area (Å²) >= 11 is 0. The van der Waals surface area contributed by atoms with Crippen LogP contribution in [-0.2, 0) is 36.8 Å². The molecule has 2 aliphatic heterocycles. The summed E-state index contributed by atoms with van der Waals surface area (Å²) in [6.45, 7) is 1.67. The van der Waals surface area contributed by atoms with Crippen LogP contribution >= 0.6 is 0 Å². The van der Waals surface area contributed by atoms with Crippen molar-refractivity contribution < 1.29 is 31.1 Å². The number of alkyl halides is 6. The summed E-state index contributed by atoms with van der Waals surface area (Å²) in [5, 5.41) is 6.52. The van der Waals surface area contributed by atoms with Crippen molar-refractivity contribution in [1.29, 1.82) is 0 Å². The van der Waals surface area contributed by atoms with E-state index in [1.165, 1.54) is 0 Å². The molecule has 0 unspecified atom stereocenters. The van der Waals surface area contributed by atoms with Gasteiger partial charge in [0.2, 0.25) is 0 Å². The number of nitrogens with one attached hydrogen (secondary N) is 2. The Labute approximate surface area is 169 Å². The number of benzene rings is 2. The Kier molecular flexibility index (Phi) is 5.44. The van der Waals surface area contributed by atoms with Gasteiger partial charge in [-0.1, -0.05) is 0 Å². The molecule has 4 rings (SSSR count). The van der Waals surface area contributed by atoms with Crippen LogP contribution in [0.25, 0.3) is 0 Å². The summed E-state index contributed by atoms with van der Waals surface area (Å²) in [6, 6.07) is 5.54. The van der Waals surface area contributed by atoms with Gasteiger partial charge in [-0.25, -0.2) is 0 Å². The Morgan fingerprint density at radius 1 is 0.900 bits per heavy atom. The lowest BCUT2D eigenvalue weighted by molar-refractivity contribution is -0.143. The van der Waals surface area contributed by atoms with Gasteiger partial charge >= 0.3 is 12.4 Å². The van der Waals surface area contributed by atoms with E-state index in [0.29, 0.717) is 19.6 Å². The van der Waals surface area contributed by atoms with Gasteiger partial charge in [-0.05, 0) is 65.4 Å². The highest BCUT2D eigenvalue weighted by Crippen LogP contribution is 2.37. The molecule has 2 aliphatic rings. The second-order valence-corrected chi connectivity index (χ2v) is 7.62. The lowest BCUT2D eigenvalue weighted by Gasteiger charge is -2.21. The van der Waals surface area contributed by atoms with Crippen molar-refractivity contribution in [2.24, 2.45) is 0 Å². The zero-order valence-electron chi connectivity index (χ0n) is 15.9. The molecule has 2 aromatic rings. The van der Waals surface area contributed by atoms with Crippen LogP contribution in [0.2, 0.25) is 0 Å². The zero-order valence-corrected chi connectivity index (χ0v) is 15.9. The van der Waals surface area contributed by atoms with Gasteiger partial charge in [-0.3, -0.25) is 0 Å². The maximum absolute atomic E-state index is 13.1. The van der Waals surface area contributed by atoms with E-state index in [-0.39, 0.29) is 24.2 Å². The van der Waals surface area contributed by atoms with Gasteiger partial charge in [0.25, 0.3) is 0 Å². The molecule has 0 spiro atoms. The van der Waals surface area contributed by atoms with E-state index in [9.17, 15) is 26.3 Å². The molecular formula is C21H20F6N2O. The van der Waals surface area contributed by atoms with Crippen molar-refractivity contribution in [1.82, 2.24) is 5.32 Å². The van der Waals surface area contributed by atoms with Crippen molar-refractivity contribution in [3.8, 4) is 0 Å². The predicted octanol–water partition coefficient (Wildman–Crippen LogP) is 5.79. The number of anilines is 1. The first-order valence-corrected chi connectivity index (χ1v) is 9.60. The molecular weight excluding hydrogens is 410 g/mol. The molecule has 9 heteroatoms. The number of halogens is 6. The van der Waals surface area contributed by atoms with Crippen LogP contribution in [0.4, 0.5) is 32.0 Å². The standard InChI is InChI=1S/C21H20F6N2O/c22-20(23,24)15-4-12(5-16(8-15)21(25,26)27)9-29-18-2-1-3-28-19-7-14-11-30-10-13(14)6-17(18)19/h4-8,18,28-29H,1-3,9-11H2/t18-/m0/s1. The van der Waals surface area contributed by atoms with Gasteiger partial charge in [-0.2, -0.15) is 26.3 Å². The van der Waals surface area contributed by atoms with E-state index in [1.54, 1.807) is 0 Å². The van der Waals surface area contributed by atoms with Crippen molar-refractivity contribution >= 4 is 5.69 Å². The van der Waals surface area contributed by atoms with Crippen LogP contribution in [0.5, 0.6) is 0 Å². The molecule has 1 atom stereocenters. The third-order valence-electron chi connectivity index (χ3n) is 5.45. The number of ether oxygens (including phenoxy) is 1. The molecule has 0 radical (unpaired) electrons. The van der Waals surface area contributed by atoms with Crippen molar-refractivity contribution in [2.45, 2.75) is 51.0 Å². The van der Waals surface area contributed by atoms with Gasteiger partial charge in [0, 0.05) is 24.8 Å². The van der Waals surface area contributed by atoms with E-state index in [4.69, 9.17) is 4.74 Å². The molecule has 0 aliphatic carbocycles. The van der Waals surface area contributed by atoms with Crippen LogP contribution in [0, 0.1) is 0 Å². The van der Waals surface area contributed by atoms with Crippen molar-refractivity contribution in [3.63, 3.8) is 0 Å². The third kappa shape index (κ3) is 4.41. The molecule has 0 fully saturated rings. The molecule has 2 heterocycles. The first-order chi connectivity index (χ1) is 14.1. The van der Waals surface area contributed by atoms with E-state index in [2.05, 4.69) is 10.6 Å². The Hall–Kier alpha value is -2.26. The number of hydrogen-bond acceptors (Lipinski definition) is 3. The summed E-state index contributed by atoms with van der Waals surface area (Å²) in [5.41, 5.74) is 1.38. The minimum Gasteiger partial charge on any atom is -0.385 e. The van der Waals surface area contributed by atoms with Crippen LogP contribution in [-0.4, -0.2) is 6.54 Å². The lowest BCUT2D eigenvalue weighted by Crippen LogP contribution is -2.22. The molecule has 162 valence electrons. The highest BCUT2D eigenvalue weighted by molar-refractivity contribution is 5.58. The Balaban J connectivity index is 1.61. The Morgan fingerprint density at radius 2 is 1.53 bits per heavy atom. The number of hydrogen-bond donors (Lipinski definition) is 2. The minimum absolute atomic E-state index is 0.0552. The second kappa shape index (κ2) is 7.77. The fourth-order valence-corrected chi connectivity index (χ4v) is 3.95. The maximum atomic E-state index is 13.1. The molecule has 0 saturated heterocycles. The van der Waals surface area contributed by atoms with Crippen LogP contribution in [0.3, 0.4) is 0 Å². The summed E-state index contributed by atoms with van der Waals surface area (Å²) in [4.78, 5) is 0. The molecule has 0 saturated carbocycles.